The molecular weight excluding hydrogens is 86.1 g/mol. The zero-order valence-corrected chi connectivity index (χ0v) is 4.78. The lowest BCUT2D eigenvalue weighted by molar-refractivity contribution is -0.119. The normalized spacial score (nSPS) is 19.6. The van der Waals surface area contributed by atoms with Gasteiger partial charge in [0.05, 0.1) is 0 Å². The molecule has 2 N–H and O–H groups in total. The van der Waals surface area contributed by atoms with E-state index in [1.165, 1.54) is 18.6 Å². The van der Waals surface area contributed by atoms with E-state index in [0.717, 1.165) is 12.3 Å². The van der Waals surface area contributed by atoms with Crippen LogP contribution in [0.1, 0.15) is 26.2 Å². The Morgan fingerprint density at radius 2 is 2.29 bits per heavy atom. The molecule has 1 rings (SSSR count). The standard InChI is InChI=1S/C6H11N/c1-2-6(7)5-3-4-5/h5,7H,2-4H2,1H3/p+1. The zero-order chi connectivity index (χ0) is 5.28. The van der Waals surface area contributed by atoms with Crippen molar-refractivity contribution in [2.75, 3.05) is 0 Å². The summed E-state index contributed by atoms with van der Waals surface area (Å²) in [5.74, 6) is 0.810. The third-order valence-corrected chi connectivity index (χ3v) is 1.51. The Morgan fingerprint density at radius 1 is 1.71 bits per heavy atom. The second-order valence-electron chi connectivity index (χ2n) is 2.20. The summed E-state index contributed by atoms with van der Waals surface area (Å²) in [5, 5.41) is 5.59. The van der Waals surface area contributed by atoms with Gasteiger partial charge in [0.15, 0.2) is 5.71 Å². The molecule has 0 aromatic heterocycles. The van der Waals surface area contributed by atoms with Gasteiger partial charge in [-0.05, 0) is 12.8 Å². The highest BCUT2D eigenvalue weighted by Crippen LogP contribution is 2.29. The molecule has 0 spiro atoms. The number of hydrogen-bond acceptors (Lipinski definition) is 0. The summed E-state index contributed by atoms with van der Waals surface area (Å²) < 4.78 is 0. The summed E-state index contributed by atoms with van der Waals surface area (Å²) in [6, 6.07) is 0. The van der Waals surface area contributed by atoms with Gasteiger partial charge in [-0.1, -0.05) is 6.92 Å². The maximum absolute atomic E-state index is 5.59. The van der Waals surface area contributed by atoms with Gasteiger partial charge >= 0.3 is 0 Å². The van der Waals surface area contributed by atoms with Crippen molar-refractivity contribution in [2.24, 2.45) is 5.92 Å². The quantitative estimate of drug-likeness (QED) is 0.471. The van der Waals surface area contributed by atoms with E-state index in [1.807, 2.05) is 0 Å². The molecule has 1 fully saturated rings. The Morgan fingerprint density at radius 3 is 2.43 bits per heavy atom. The molecule has 0 aromatic rings. The van der Waals surface area contributed by atoms with Gasteiger partial charge in [0, 0.05) is 12.3 Å². The van der Waals surface area contributed by atoms with E-state index < -0.39 is 0 Å². The minimum absolute atomic E-state index is 0.810. The fourth-order valence-corrected chi connectivity index (χ4v) is 0.743. The summed E-state index contributed by atoms with van der Waals surface area (Å²) in [5.41, 5.74) is 1.21. The van der Waals surface area contributed by atoms with Crippen molar-refractivity contribution in [3.63, 3.8) is 0 Å². The van der Waals surface area contributed by atoms with Crippen LogP contribution in [0.2, 0.25) is 0 Å². The van der Waals surface area contributed by atoms with Crippen LogP contribution in [0.4, 0.5) is 0 Å². The van der Waals surface area contributed by atoms with Crippen LogP contribution < -0.4 is 5.41 Å². The molecule has 0 saturated heterocycles. The lowest BCUT2D eigenvalue weighted by atomic mass is 10.2. The molecule has 0 bridgehead atoms. The van der Waals surface area contributed by atoms with Crippen molar-refractivity contribution < 1.29 is 5.41 Å². The van der Waals surface area contributed by atoms with E-state index in [-0.39, 0.29) is 0 Å². The largest absolute Gasteiger partial charge is 0.261 e. The third kappa shape index (κ3) is 1.02. The average molecular weight is 98.2 g/mol. The summed E-state index contributed by atoms with van der Waals surface area (Å²) in [7, 11) is 0. The predicted molar refractivity (Wildman–Crippen MR) is 29.9 cm³/mol. The van der Waals surface area contributed by atoms with E-state index in [0.29, 0.717) is 0 Å². The van der Waals surface area contributed by atoms with Gasteiger partial charge in [0.2, 0.25) is 0 Å². The Hall–Kier alpha value is -0.330. The van der Waals surface area contributed by atoms with Crippen LogP contribution >= 0.6 is 0 Å². The molecule has 0 heterocycles. The molecule has 1 heteroatoms. The molecule has 1 aliphatic carbocycles. The molecule has 0 unspecified atom stereocenters. The number of nitrogens with two attached hydrogens (primary N) is 1. The molecule has 0 aliphatic heterocycles. The van der Waals surface area contributed by atoms with Crippen molar-refractivity contribution >= 4 is 5.71 Å². The highest BCUT2D eigenvalue weighted by molar-refractivity contribution is 5.82. The van der Waals surface area contributed by atoms with Gasteiger partial charge in [-0.25, -0.2) is 0 Å². The molecule has 0 aromatic carbocycles. The zero-order valence-electron chi connectivity index (χ0n) is 4.78. The Labute approximate surface area is 44.2 Å². The van der Waals surface area contributed by atoms with E-state index >= 15 is 0 Å². The summed E-state index contributed by atoms with van der Waals surface area (Å²) in [4.78, 5) is 0. The van der Waals surface area contributed by atoms with Crippen LogP contribution in [-0.4, -0.2) is 5.71 Å². The molecule has 0 radical (unpaired) electrons. The van der Waals surface area contributed by atoms with Crippen molar-refractivity contribution in [1.82, 2.24) is 0 Å². The molecule has 0 atom stereocenters. The molecule has 0 amide bonds. The maximum Gasteiger partial charge on any atom is 0.151 e. The highest BCUT2D eigenvalue weighted by Gasteiger charge is 2.28. The monoisotopic (exact) mass is 98.1 g/mol. The first kappa shape index (κ1) is 4.82. The molecular formula is C6H12N+. The summed E-state index contributed by atoms with van der Waals surface area (Å²) in [6.07, 6.45) is 3.77. The van der Waals surface area contributed by atoms with Gasteiger partial charge < -0.3 is 0 Å². The lowest BCUT2D eigenvalue weighted by Crippen LogP contribution is -2.40. The number of hydrogen-bond donors (Lipinski definition) is 1. The van der Waals surface area contributed by atoms with Crippen LogP contribution in [0.25, 0.3) is 0 Å². The smallest absolute Gasteiger partial charge is 0.151 e. The number of rotatable bonds is 2. The second-order valence-corrected chi connectivity index (χ2v) is 2.20. The lowest BCUT2D eigenvalue weighted by Gasteiger charge is -1.82. The Bertz CT molecular complexity index is 82.2. The fraction of sp³-hybridized carbons (Fsp3) is 0.833. The average Bonchev–Trinajstić information content (AvgIpc) is 2.44. The van der Waals surface area contributed by atoms with E-state index in [1.54, 1.807) is 0 Å². The van der Waals surface area contributed by atoms with Gasteiger partial charge in [-0.15, -0.1) is 0 Å². The first-order valence-electron chi connectivity index (χ1n) is 2.95. The maximum atomic E-state index is 5.59. The molecule has 1 nitrogen and oxygen atoms in total. The Kier molecular flexibility index (Phi) is 1.13. The van der Waals surface area contributed by atoms with Crippen molar-refractivity contribution in [2.45, 2.75) is 26.2 Å². The first-order valence-corrected chi connectivity index (χ1v) is 2.95. The molecule has 7 heavy (non-hydrogen) atoms. The van der Waals surface area contributed by atoms with E-state index in [4.69, 9.17) is 5.41 Å². The molecule has 40 valence electrons. The first-order chi connectivity index (χ1) is 3.34. The minimum atomic E-state index is 0.810. The van der Waals surface area contributed by atoms with Gasteiger partial charge in [-0.2, -0.15) is 0 Å². The van der Waals surface area contributed by atoms with Crippen molar-refractivity contribution in [3.8, 4) is 0 Å². The SMILES string of the molecule is CCC(=[NH2+])C1CC1. The van der Waals surface area contributed by atoms with Crippen LogP contribution in [-0.2, 0) is 0 Å². The van der Waals surface area contributed by atoms with Crippen LogP contribution in [0, 0.1) is 5.92 Å². The fourth-order valence-electron chi connectivity index (χ4n) is 0.743. The Balaban J connectivity index is 2.24. The molecule has 1 aliphatic rings. The van der Waals surface area contributed by atoms with Crippen molar-refractivity contribution in [3.05, 3.63) is 0 Å². The third-order valence-electron chi connectivity index (χ3n) is 1.51. The van der Waals surface area contributed by atoms with Gasteiger partial charge in [-0.3, -0.25) is 5.41 Å². The second kappa shape index (κ2) is 1.65. The van der Waals surface area contributed by atoms with E-state index in [2.05, 4.69) is 6.92 Å². The van der Waals surface area contributed by atoms with Gasteiger partial charge in [0.1, 0.15) is 0 Å². The summed E-state index contributed by atoms with van der Waals surface area (Å²) >= 11 is 0. The minimum Gasteiger partial charge on any atom is -0.261 e. The summed E-state index contributed by atoms with van der Waals surface area (Å²) in [6.45, 7) is 2.12. The van der Waals surface area contributed by atoms with Crippen molar-refractivity contribution in [1.29, 1.82) is 0 Å². The highest BCUT2D eigenvalue weighted by atomic mass is 14.5. The van der Waals surface area contributed by atoms with Crippen LogP contribution in [0.3, 0.4) is 0 Å². The molecule has 1 saturated carbocycles. The topological polar surface area (TPSA) is 25.6 Å². The van der Waals surface area contributed by atoms with Crippen LogP contribution in [0.5, 0.6) is 0 Å². The predicted octanol–water partition coefficient (Wildman–Crippen LogP) is 0.00650. The van der Waals surface area contributed by atoms with Gasteiger partial charge in [0.25, 0.3) is 0 Å². The van der Waals surface area contributed by atoms with Crippen LogP contribution in [0.15, 0.2) is 0 Å². The van der Waals surface area contributed by atoms with E-state index in [9.17, 15) is 0 Å².